The van der Waals surface area contributed by atoms with Gasteiger partial charge in [-0.3, -0.25) is 0 Å². The predicted octanol–water partition coefficient (Wildman–Crippen LogP) is 10.1. The van der Waals surface area contributed by atoms with E-state index in [0.29, 0.717) is 0 Å². The molecule has 0 amide bonds. The van der Waals surface area contributed by atoms with Crippen molar-refractivity contribution in [3.05, 3.63) is 146 Å². The lowest BCUT2D eigenvalue weighted by atomic mass is 9.89. The first-order valence-corrected chi connectivity index (χ1v) is 12.4. The van der Waals surface area contributed by atoms with E-state index >= 15 is 0 Å². The average molecular weight is 457 g/mol. The number of hydrogen-bond acceptors (Lipinski definition) is 0. The van der Waals surface area contributed by atoms with E-state index in [9.17, 15) is 0 Å². The molecule has 0 aliphatic carbocycles. The lowest BCUT2D eigenvalue weighted by Gasteiger charge is -2.14. The molecule has 0 bridgehead atoms. The smallest absolute Gasteiger partial charge is 0.00987 e. The highest BCUT2D eigenvalue weighted by Crippen LogP contribution is 2.39. The molecule has 0 aliphatic rings. The molecule has 0 aromatic heterocycles. The fourth-order valence-electron chi connectivity index (χ4n) is 5.48. The summed E-state index contributed by atoms with van der Waals surface area (Å²) >= 11 is 0. The summed E-state index contributed by atoms with van der Waals surface area (Å²) in [6.07, 6.45) is 0. The predicted molar refractivity (Wildman–Crippen MR) is 155 cm³/mol. The van der Waals surface area contributed by atoms with Crippen molar-refractivity contribution in [2.24, 2.45) is 0 Å². The van der Waals surface area contributed by atoms with E-state index in [-0.39, 0.29) is 0 Å². The fourth-order valence-corrected chi connectivity index (χ4v) is 5.48. The summed E-state index contributed by atoms with van der Waals surface area (Å²) in [5.74, 6) is 0. The Morgan fingerprint density at radius 2 is 0.806 bits per heavy atom. The Kier molecular flexibility index (Phi) is 4.89. The zero-order valence-corrected chi connectivity index (χ0v) is 19.9. The molecule has 0 heteroatoms. The lowest BCUT2D eigenvalue weighted by Crippen LogP contribution is -1.88. The molecule has 0 spiro atoms. The van der Waals surface area contributed by atoms with E-state index in [1.807, 2.05) is 0 Å². The third kappa shape index (κ3) is 3.47. The minimum atomic E-state index is 1.24. The number of benzene rings is 7. The molecule has 0 fully saturated rings. The molecule has 0 saturated heterocycles. The Bertz CT molecular complexity index is 1890. The molecular formula is C36H24. The fraction of sp³-hybridized carbons (Fsp3) is 0. The Morgan fingerprint density at radius 1 is 0.250 bits per heavy atom. The number of fused-ring (bicyclic) bond motifs is 3. The molecule has 7 rings (SSSR count). The Hall–Kier alpha value is -4.68. The molecule has 0 unspecified atom stereocenters. The van der Waals surface area contributed by atoms with Gasteiger partial charge in [-0.25, -0.2) is 0 Å². The van der Waals surface area contributed by atoms with Crippen molar-refractivity contribution in [2.75, 3.05) is 0 Å². The summed E-state index contributed by atoms with van der Waals surface area (Å²) in [7, 11) is 0. The van der Waals surface area contributed by atoms with E-state index < -0.39 is 0 Å². The average Bonchev–Trinajstić information content (AvgIpc) is 2.96. The van der Waals surface area contributed by atoms with Gasteiger partial charge in [0.05, 0.1) is 0 Å². The SMILES string of the molecule is c1cc(-c2ccc3ccccc3c2)cc(-c2ccc(-c3cccc4ccccc34)c3ccccc23)c1. The number of hydrogen-bond donors (Lipinski definition) is 0. The van der Waals surface area contributed by atoms with E-state index in [2.05, 4.69) is 146 Å². The molecule has 168 valence electrons. The topological polar surface area (TPSA) is 0 Å². The molecule has 0 atom stereocenters. The number of rotatable bonds is 3. The molecule has 7 aromatic rings. The molecule has 0 N–H and O–H groups in total. The van der Waals surface area contributed by atoms with E-state index in [4.69, 9.17) is 0 Å². The Balaban J connectivity index is 1.39. The van der Waals surface area contributed by atoms with E-state index in [1.165, 1.54) is 65.7 Å². The standard InChI is InChI=1S/C36H24/c1-2-11-27-23-29(20-19-25(27)9-1)28-13-7-14-30(24-28)32-21-22-36(35-17-6-5-16-33(32)35)34-18-8-12-26-10-3-4-15-31(26)34/h1-24H. The molecule has 0 nitrogen and oxygen atoms in total. The monoisotopic (exact) mass is 456 g/mol. The van der Waals surface area contributed by atoms with Gasteiger partial charge in [0.1, 0.15) is 0 Å². The molecule has 0 saturated carbocycles. The first kappa shape index (κ1) is 20.7. The highest BCUT2D eigenvalue weighted by atomic mass is 14.2. The van der Waals surface area contributed by atoms with Gasteiger partial charge in [-0.15, -0.1) is 0 Å². The maximum absolute atomic E-state index is 2.32. The van der Waals surface area contributed by atoms with Gasteiger partial charge in [-0.1, -0.05) is 133 Å². The normalized spacial score (nSPS) is 11.3. The van der Waals surface area contributed by atoms with Gasteiger partial charge in [-0.2, -0.15) is 0 Å². The lowest BCUT2D eigenvalue weighted by molar-refractivity contribution is 1.61. The van der Waals surface area contributed by atoms with Crippen LogP contribution in [0.2, 0.25) is 0 Å². The molecular weight excluding hydrogens is 432 g/mol. The van der Waals surface area contributed by atoms with Crippen LogP contribution in [-0.4, -0.2) is 0 Å². The van der Waals surface area contributed by atoms with Gasteiger partial charge in [0.15, 0.2) is 0 Å². The third-order valence-electron chi connectivity index (χ3n) is 7.26. The van der Waals surface area contributed by atoms with Gasteiger partial charge in [0, 0.05) is 0 Å². The maximum atomic E-state index is 2.32. The minimum Gasteiger partial charge on any atom is -0.0616 e. The molecule has 36 heavy (non-hydrogen) atoms. The minimum absolute atomic E-state index is 1.24. The van der Waals surface area contributed by atoms with Crippen molar-refractivity contribution in [1.29, 1.82) is 0 Å². The van der Waals surface area contributed by atoms with Gasteiger partial charge in [0.2, 0.25) is 0 Å². The molecule has 0 aliphatic heterocycles. The van der Waals surface area contributed by atoms with Gasteiger partial charge >= 0.3 is 0 Å². The van der Waals surface area contributed by atoms with Crippen LogP contribution in [0.5, 0.6) is 0 Å². The maximum Gasteiger partial charge on any atom is -0.00987 e. The van der Waals surface area contributed by atoms with Gasteiger partial charge in [0.25, 0.3) is 0 Å². The van der Waals surface area contributed by atoms with Gasteiger partial charge in [-0.05, 0) is 77.8 Å². The highest BCUT2D eigenvalue weighted by Gasteiger charge is 2.12. The third-order valence-corrected chi connectivity index (χ3v) is 7.26. The van der Waals surface area contributed by atoms with Crippen molar-refractivity contribution < 1.29 is 0 Å². The van der Waals surface area contributed by atoms with E-state index in [0.717, 1.165) is 0 Å². The van der Waals surface area contributed by atoms with E-state index in [1.54, 1.807) is 0 Å². The van der Waals surface area contributed by atoms with Crippen LogP contribution in [0.25, 0.3) is 65.7 Å². The summed E-state index contributed by atoms with van der Waals surface area (Å²) in [5, 5.41) is 7.65. The van der Waals surface area contributed by atoms with Gasteiger partial charge < -0.3 is 0 Å². The second kappa shape index (κ2) is 8.52. The van der Waals surface area contributed by atoms with Crippen molar-refractivity contribution in [3.63, 3.8) is 0 Å². The second-order valence-electron chi connectivity index (χ2n) is 9.38. The van der Waals surface area contributed by atoms with Crippen molar-refractivity contribution in [2.45, 2.75) is 0 Å². The zero-order chi connectivity index (χ0) is 23.9. The first-order chi connectivity index (χ1) is 17.8. The zero-order valence-electron chi connectivity index (χ0n) is 19.9. The Labute approximate surface area is 211 Å². The van der Waals surface area contributed by atoms with Crippen LogP contribution < -0.4 is 0 Å². The van der Waals surface area contributed by atoms with Crippen LogP contribution >= 0.6 is 0 Å². The van der Waals surface area contributed by atoms with Crippen molar-refractivity contribution in [1.82, 2.24) is 0 Å². The molecule has 7 aromatic carbocycles. The van der Waals surface area contributed by atoms with Crippen LogP contribution in [-0.2, 0) is 0 Å². The van der Waals surface area contributed by atoms with Crippen LogP contribution in [0.4, 0.5) is 0 Å². The Morgan fingerprint density at radius 3 is 1.67 bits per heavy atom. The first-order valence-electron chi connectivity index (χ1n) is 12.4. The van der Waals surface area contributed by atoms with Crippen LogP contribution in [0.1, 0.15) is 0 Å². The molecule has 0 heterocycles. The van der Waals surface area contributed by atoms with Crippen LogP contribution in [0.3, 0.4) is 0 Å². The molecule has 0 radical (unpaired) electrons. The highest BCUT2D eigenvalue weighted by molar-refractivity contribution is 6.09. The largest absolute Gasteiger partial charge is 0.0616 e. The summed E-state index contributed by atoms with van der Waals surface area (Å²) < 4.78 is 0. The summed E-state index contributed by atoms with van der Waals surface area (Å²) in [5.41, 5.74) is 7.53. The summed E-state index contributed by atoms with van der Waals surface area (Å²) in [4.78, 5) is 0. The van der Waals surface area contributed by atoms with Crippen LogP contribution in [0, 0.1) is 0 Å². The quantitative estimate of drug-likeness (QED) is 0.248. The summed E-state index contributed by atoms with van der Waals surface area (Å²) in [6, 6.07) is 52.8. The van der Waals surface area contributed by atoms with Crippen molar-refractivity contribution in [3.8, 4) is 33.4 Å². The van der Waals surface area contributed by atoms with Crippen molar-refractivity contribution >= 4 is 32.3 Å². The second-order valence-corrected chi connectivity index (χ2v) is 9.38. The summed E-state index contributed by atoms with van der Waals surface area (Å²) in [6.45, 7) is 0. The van der Waals surface area contributed by atoms with Crippen LogP contribution in [0.15, 0.2) is 146 Å².